The van der Waals surface area contributed by atoms with Crippen LogP contribution in [0.15, 0.2) is 127 Å². The standard InChI is InChI=1S/C40H37NO5/c1-29-37-25-36(46-28-32-11-6-3-7-12-32)22-23-38(37)41(26-30-14-18-34(19-15-30)44-24-8-13-39(42)43)40(29)33-16-20-35(21-17-33)45-27-31-9-4-2-5-10-31/h2-7,9-12,14-23,25H,8,13,24,26-28H2,1H3,(H,42,43). The molecule has 0 radical (unpaired) electrons. The van der Waals surface area contributed by atoms with Gasteiger partial charge in [0.1, 0.15) is 30.5 Å². The van der Waals surface area contributed by atoms with E-state index in [1.807, 2.05) is 66.7 Å². The molecule has 1 aromatic heterocycles. The van der Waals surface area contributed by atoms with Gasteiger partial charge in [0.25, 0.3) is 0 Å². The zero-order valence-corrected chi connectivity index (χ0v) is 25.9. The number of hydrogen-bond donors (Lipinski definition) is 1. The van der Waals surface area contributed by atoms with E-state index < -0.39 is 5.97 Å². The molecule has 0 aliphatic rings. The molecule has 0 fully saturated rings. The molecule has 0 unspecified atom stereocenters. The van der Waals surface area contributed by atoms with Crippen LogP contribution in [0.25, 0.3) is 22.2 Å². The van der Waals surface area contributed by atoms with E-state index in [1.54, 1.807) is 0 Å². The third-order valence-electron chi connectivity index (χ3n) is 7.98. The van der Waals surface area contributed by atoms with E-state index in [1.165, 1.54) is 5.56 Å². The highest BCUT2D eigenvalue weighted by molar-refractivity contribution is 5.92. The van der Waals surface area contributed by atoms with Gasteiger partial charge in [0.2, 0.25) is 0 Å². The lowest BCUT2D eigenvalue weighted by atomic mass is 10.1. The molecule has 6 heteroatoms. The Morgan fingerprint density at radius 2 is 1.22 bits per heavy atom. The largest absolute Gasteiger partial charge is 0.494 e. The molecule has 5 aromatic carbocycles. The average Bonchev–Trinajstić information content (AvgIpc) is 3.36. The van der Waals surface area contributed by atoms with Crippen molar-refractivity contribution >= 4 is 16.9 Å². The van der Waals surface area contributed by atoms with Gasteiger partial charge in [-0.3, -0.25) is 4.79 Å². The monoisotopic (exact) mass is 611 g/mol. The van der Waals surface area contributed by atoms with Gasteiger partial charge >= 0.3 is 5.97 Å². The second kappa shape index (κ2) is 14.5. The third kappa shape index (κ3) is 7.59. The summed E-state index contributed by atoms with van der Waals surface area (Å²) in [5, 5.41) is 10.0. The van der Waals surface area contributed by atoms with Crippen molar-refractivity contribution in [2.24, 2.45) is 0 Å². The fourth-order valence-electron chi connectivity index (χ4n) is 5.61. The quantitative estimate of drug-likeness (QED) is 0.124. The normalized spacial score (nSPS) is 11.0. The van der Waals surface area contributed by atoms with Gasteiger partial charge < -0.3 is 23.9 Å². The SMILES string of the molecule is Cc1c(-c2ccc(OCc3ccccc3)cc2)n(Cc2ccc(OCCCC(=O)O)cc2)c2ccc(OCc3ccccc3)cc12. The van der Waals surface area contributed by atoms with Crippen LogP contribution in [0.2, 0.25) is 0 Å². The number of fused-ring (bicyclic) bond motifs is 1. The Morgan fingerprint density at radius 1 is 0.652 bits per heavy atom. The van der Waals surface area contributed by atoms with Crippen LogP contribution < -0.4 is 14.2 Å². The van der Waals surface area contributed by atoms with Crippen LogP contribution in [0.5, 0.6) is 17.2 Å². The van der Waals surface area contributed by atoms with Crippen molar-refractivity contribution in [3.8, 4) is 28.5 Å². The van der Waals surface area contributed by atoms with Crippen molar-refractivity contribution in [2.75, 3.05) is 6.61 Å². The van der Waals surface area contributed by atoms with E-state index >= 15 is 0 Å². The van der Waals surface area contributed by atoms with E-state index in [0.717, 1.165) is 56.1 Å². The van der Waals surface area contributed by atoms with E-state index in [0.29, 0.717) is 32.8 Å². The van der Waals surface area contributed by atoms with Crippen LogP contribution in [0.3, 0.4) is 0 Å². The third-order valence-corrected chi connectivity index (χ3v) is 7.98. The minimum absolute atomic E-state index is 0.0973. The van der Waals surface area contributed by atoms with Crippen LogP contribution in [-0.2, 0) is 24.6 Å². The topological polar surface area (TPSA) is 69.9 Å². The summed E-state index contributed by atoms with van der Waals surface area (Å²) < 4.78 is 20.4. The Bertz CT molecular complexity index is 1880. The molecule has 0 saturated carbocycles. The summed E-state index contributed by atoms with van der Waals surface area (Å²) in [7, 11) is 0. The molecule has 0 bridgehead atoms. The van der Waals surface area contributed by atoms with Crippen LogP contribution in [0, 0.1) is 6.92 Å². The number of carbonyl (C=O) groups is 1. The van der Waals surface area contributed by atoms with Crippen molar-refractivity contribution in [1.29, 1.82) is 0 Å². The molecular weight excluding hydrogens is 574 g/mol. The maximum atomic E-state index is 10.8. The highest BCUT2D eigenvalue weighted by Crippen LogP contribution is 2.37. The summed E-state index contributed by atoms with van der Waals surface area (Å²) in [6.07, 6.45) is 0.572. The molecule has 232 valence electrons. The predicted molar refractivity (Wildman–Crippen MR) is 182 cm³/mol. The maximum Gasteiger partial charge on any atom is 0.303 e. The zero-order chi connectivity index (χ0) is 31.7. The van der Waals surface area contributed by atoms with Crippen LogP contribution in [0.4, 0.5) is 0 Å². The summed E-state index contributed by atoms with van der Waals surface area (Å²) in [4.78, 5) is 10.8. The summed E-state index contributed by atoms with van der Waals surface area (Å²) in [5.41, 5.74) is 7.92. The highest BCUT2D eigenvalue weighted by Gasteiger charge is 2.17. The summed E-state index contributed by atoms with van der Waals surface area (Å²) in [5.74, 6) is 1.57. The van der Waals surface area contributed by atoms with Gasteiger partial charge in [-0.25, -0.2) is 0 Å². The van der Waals surface area contributed by atoms with Gasteiger partial charge in [-0.05, 0) is 95.8 Å². The summed E-state index contributed by atoms with van der Waals surface area (Å²) in [6.45, 7) is 4.23. The smallest absolute Gasteiger partial charge is 0.303 e. The van der Waals surface area contributed by atoms with Gasteiger partial charge in [0.15, 0.2) is 0 Å². The van der Waals surface area contributed by atoms with Gasteiger partial charge in [-0.1, -0.05) is 72.8 Å². The van der Waals surface area contributed by atoms with Crippen LogP contribution in [-0.4, -0.2) is 22.2 Å². The summed E-state index contributed by atoms with van der Waals surface area (Å²) >= 11 is 0. The molecule has 0 atom stereocenters. The molecule has 6 nitrogen and oxygen atoms in total. The van der Waals surface area contributed by atoms with Gasteiger partial charge in [-0.15, -0.1) is 0 Å². The average molecular weight is 612 g/mol. The van der Waals surface area contributed by atoms with Crippen molar-refractivity contribution in [1.82, 2.24) is 4.57 Å². The van der Waals surface area contributed by atoms with Crippen LogP contribution in [0.1, 0.15) is 35.1 Å². The Morgan fingerprint density at radius 3 is 1.85 bits per heavy atom. The Kier molecular flexibility index (Phi) is 9.64. The number of aryl methyl sites for hydroxylation is 1. The Labute approximate surface area is 269 Å². The van der Waals surface area contributed by atoms with Gasteiger partial charge in [0.05, 0.1) is 12.3 Å². The molecule has 1 N–H and O–H groups in total. The lowest BCUT2D eigenvalue weighted by Crippen LogP contribution is -2.04. The van der Waals surface area contributed by atoms with E-state index in [-0.39, 0.29) is 6.42 Å². The molecule has 0 amide bonds. The van der Waals surface area contributed by atoms with E-state index in [4.69, 9.17) is 19.3 Å². The molecule has 0 saturated heterocycles. The number of hydrogen-bond acceptors (Lipinski definition) is 4. The number of nitrogens with zero attached hydrogens (tertiary/aromatic N) is 1. The number of rotatable bonds is 14. The molecule has 6 aromatic rings. The number of aliphatic carboxylic acids is 1. The minimum Gasteiger partial charge on any atom is -0.494 e. The van der Waals surface area contributed by atoms with Crippen molar-refractivity contribution in [2.45, 2.75) is 39.5 Å². The van der Waals surface area contributed by atoms with E-state index in [9.17, 15) is 4.79 Å². The molecule has 0 aliphatic heterocycles. The zero-order valence-electron chi connectivity index (χ0n) is 25.9. The lowest BCUT2D eigenvalue weighted by molar-refractivity contribution is -0.137. The number of carboxylic acid groups (broad SMARTS) is 1. The second-order valence-corrected chi connectivity index (χ2v) is 11.3. The minimum atomic E-state index is -0.812. The first-order valence-corrected chi connectivity index (χ1v) is 15.5. The maximum absolute atomic E-state index is 10.8. The number of benzene rings is 5. The summed E-state index contributed by atoms with van der Waals surface area (Å²) in [6, 6.07) is 43.0. The molecule has 1 heterocycles. The van der Waals surface area contributed by atoms with Crippen molar-refractivity contribution < 1.29 is 24.1 Å². The van der Waals surface area contributed by atoms with Crippen LogP contribution >= 0.6 is 0 Å². The Hall–Kier alpha value is -5.49. The molecule has 0 spiro atoms. The fourth-order valence-corrected chi connectivity index (χ4v) is 5.61. The van der Waals surface area contributed by atoms with E-state index in [2.05, 4.69) is 72.2 Å². The molecule has 0 aliphatic carbocycles. The number of carboxylic acids is 1. The molecular formula is C40H37NO5. The second-order valence-electron chi connectivity index (χ2n) is 11.3. The van der Waals surface area contributed by atoms with Crippen molar-refractivity contribution in [3.05, 3.63) is 150 Å². The first kappa shape index (κ1) is 30.5. The first-order chi connectivity index (χ1) is 22.5. The van der Waals surface area contributed by atoms with Gasteiger partial charge in [0, 0.05) is 23.9 Å². The molecule has 6 rings (SSSR count). The number of aromatic nitrogens is 1. The van der Waals surface area contributed by atoms with Crippen molar-refractivity contribution in [3.63, 3.8) is 0 Å². The highest BCUT2D eigenvalue weighted by atomic mass is 16.5. The first-order valence-electron chi connectivity index (χ1n) is 15.5. The lowest BCUT2D eigenvalue weighted by Gasteiger charge is -2.14. The predicted octanol–water partition coefficient (Wildman–Crippen LogP) is 9.07. The van der Waals surface area contributed by atoms with Gasteiger partial charge in [-0.2, -0.15) is 0 Å². The Balaban J connectivity index is 1.27. The molecule has 46 heavy (non-hydrogen) atoms. The fraction of sp³-hybridized carbons (Fsp3) is 0.175. The number of ether oxygens (including phenoxy) is 3.